The smallest absolute Gasteiger partial charge is 0.269 e. The first kappa shape index (κ1) is 27.8. The van der Waals surface area contributed by atoms with E-state index in [-0.39, 0.29) is 11.0 Å². The van der Waals surface area contributed by atoms with Gasteiger partial charge in [-0.15, -0.1) is 0 Å². The van der Waals surface area contributed by atoms with Crippen LogP contribution in [0.2, 0.25) is 0 Å². The molecule has 0 fully saturated rings. The van der Waals surface area contributed by atoms with Crippen LogP contribution in [0.15, 0.2) is 109 Å². The molecule has 4 rings (SSSR count). The number of amides is 3. The van der Waals surface area contributed by atoms with Gasteiger partial charge in [-0.25, -0.2) is 0 Å². The number of hydrogen-bond donors (Lipinski definition) is 4. The highest BCUT2D eigenvalue weighted by molar-refractivity contribution is 7.80. The summed E-state index contributed by atoms with van der Waals surface area (Å²) in [5.74, 6) is 0.170. The topological polar surface area (TPSA) is 118 Å². The summed E-state index contributed by atoms with van der Waals surface area (Å²) in [6.45, 7) is 0.728. The van der Waals surface area contributed by atoms with E-state index in [0.29, 0.717) is 41.3 Å². The van der Waals surface area contributed by atoms with Crippen LogP contribution in [-0.4, -0.2) is 36.0 Å². The molecule has 40 heavy (non-hydrogen) atoms. The Morgan fingerprint density at radius 3 is 1.68 bits per heavy atom. The lowest BCUT2D eigenvalue weighted by atomic mass is 10.1. The third kappa shape index (κ3) is 8.40. The van der Waals surface area contributed by atoms with Crippen molar-refractivity contribution in [1.29, 1.82) is 0 Å². The number of ether oxygens (including phenoxy) is 2. The standard InChI is InChI=1S/C30H26N4O5S/c35-27(21-7-3-1-4-8-21)31-24-15-11-23(12-16-24)29(37)33-34-30(40)32-28(36)22-13-17-26(18-14-22)39-20-19-38-25-9-5-2-6-10-25/h1-18H,19-20H2,(H,31,35)(H,33,37)(H2,32,34,36,40). The molecule has 0 aliphatic carbocycles. The van der Waals surface area contributed by atoms with E-state index in [1.54, 1.807) is 72.8 Å². The Labute approximate surface area is 236 Å². The van der Waals surface area contributed by atoms with Crippen molar-refractivity contribution < 1.29 is 23.9 Å². The molecule has 0 spiro atoms. The first-order chi connectivity index (χ1) is 19.5. The van der Waals surface area contributed by atoms with Crippen LogP contribution in [0.3, 0.4) is 0 Å². The van der Waals surface area contributed by atoms with Crippen LogP contribution in [0.25, 0.3) is 0 Å². The molecule has 3 amide bonds. The van der Waals surface area contributed by atoms with Gasteiger partial charge in [0.25, 0.3) is 17.7 Å². The Morgan fingerprint density at radius 1 is 0.550 bits per heavy atom. The number of rotatable bonds is 9. The number of thiocarbonyl (C=S) groups is 1. The summed E-state index contributed by atoms with van der Waals surface area (Å²) in [7, 11) is 0. The number of hydrogen-bond acceptors (Lipinski definition) is 6. The molecule has 0 aliphatic heterocycles. The van der Waals surface area contributed by atoms with Gasteiger partial charge in [-0.1, -0.05) is 36.4 Å². The van der Waals surface area contributed by atoms with E-state index in [1.165, 1.54) is 0 Å². The second-order valence-electron chi connectivity index (χ2n) is 8.29. The van der Waals surface area contributed by atoms with E-state index in [4.69, 9.17) is 21.7 Å². The lowest BCUT2D eigenvalue weighted by Crippen LogP contribution is -2.48. The third-order valence-electron chi connectivity index (χ3n) is 5.44. The molecule has 0 radical (unpaired) electrons. The van der Waals surface area contributed by atoms with Crippen molar-refractivity contribution in [3.05, 3.63) is 126 Å². The fourth-order valence-electron chi connectivity index (χ4n) is 3.43. The fourth-order valence-corrected chi connectivity index (χ4v) is 3.57. The average Bonchev–Trinajstić information content (AvgIpc) is 2.99. The summed E-state index contributed by atoms with van der Waals surface area (Å²) in [5.41, 5.74) is 6.67. The Kier molecular flexibility index (Phi) is 9.78. The lowest BCUT2D eigenvalue weighted by Gasteiger charge is -2.12. The Morgan fingerprint density at radius 2 is 1.05 bits per heavy atom. The number of para-hydroxylation sites is 1. The number of hydrazine groups is 1. The largest absolute Gasteiger partial charge is 0.490 e. The van der Waals surface area contributed by atoms with Gasteiger partial charge in [0.2, 0.25) is 0 Å². The van der Waals surface area contributed by atoms with E-state index < -0.39 is 11.8 Å². The van der Waals surface area contributed by atoms with Gasteiger partial charge in [0.1, 0.15) is 24.7 Å². The van der Waals surface area contributed by atoms with Crippen LogP contribution >= 0.6 is 12.2 Å². The molecule has 4 aromatic rings. The summed E-state index contributed by atoms with van der Waals surface area (Å²) in [6.07, 6.45) is 0. The molecule has 10 heteroatoms. The van der Waals surface area contributed by atoms with Gasteiger partial charge in [0, 0.05) is 22.4 Å². The zero-order chi connectivity index (χ0) is 28.2. The summed E-state index contributed by atoms with van der Waals surface area (Å²) < 4.78 is 11.2. The monoisotopic (exact) mass is 554 g/mol. The van der Waals surface area contributed by atoms with E-state index in [1.807, 2.05) is 36.4 Å². The first-order valence-corrected chi connectivity index (χ1v) is 12.7. The van der Waals surface area contributed by atoms with Crippen molar-refractivity contribution >= 4 is 40.7 Å². The van der Waals surface area contributed by atoms with Crippen molar-refractivity contribution in [2.75, 3.05) is 18.5 Å². The van der Waals surface area contributed by atoms with Gasteiger partial charge in [-0.3, -0.25) is 30.6 Å². The molecule has 4 aromatic carbocycles. The average molecular weight is 555 g/mol. The normalized spacial score (nSPS) is 10.1. The van der Waals surface area contributed by atoms with Crippen molar-refractivity contribution in [1.82, 2.24) is 16.2 Å². The van der Waals surface area contributed by atoms with Gasteiger partial charge < -0.3 is 14.8 Å². The summed E-state index contributed by atoms with van der Waals surface area (Å²) in [4.78, 5) is 37.2. The Bertz CT molecular complexity index is 1450. The van der Waals surface area contributed by atoms with Crippen LogP contribution in [0.1, 0.15) is 31.1 Å². The van der Waals surface area contributed by atoms with E-state index >= 15 is 0 Å². The van der Waals surface area contributed by atoms with Crippen LogP contribution < -0.4 is 31.0 Å². The number of anilines is 1. The van der Waals surface area contributed by atoms with Gasteiger partial charge in [-0.2, -0.15) is 0 Å². The third-order valence-corrected chi connectivity index (χ3v) is 5.64. The van der Waals surface area contributed by atoms with Crippen LogP contribution in [0.5, 0.6) is 11.5 Å². The molecule has 4 N–H and O–H groups in total. The van der Waals surface area contributed by atoms with Gasteiger partial charge in [-0.05, 0) is 85.0 Å². The van der Waals surface area contributed by atoms with Crippen molar-refractivity contribution in [2.24, 2.45) is 0 Å². The van der Waals surface area contributed by atoms with Crippen molar-refractivity contribution in [3.8, 4) is 11.5 Å². The second kappa shape index (κ2) is 14.1. The van der Waals surface area contributed by atoms with Crippen molar-refractivity contribution in [2.45, 2.75) is 0 Å². The van der Waals surface area contributed by atoms with Gasteiger partial charge in [0.05, 0.1) is 0 Å². The second-order valence-corrected chi connectivity index (χ2v) is 8.70. The molecule has 0 atom stereocenters. The van der Waals surface area contributed by atoms with Crippen LogP contribution in [0, 0.1) is 0 Å². The minimum absolute atomic E-state index is 0.0801. The predicted molar refractivity (Wildman–Crippen MR) is 155 cm³/mol. The van der Waals surface area contributed by atoms with E-state index in [0.717, 1.165) is 5.75 Å². The van der Waals surface area contributed by atoms with E-state index in [2.05, 4.69) is 21.5 Å². The molecule has 0 bridgehead atoms. The number of nitrogens with one attached hydrogen (secondary N) is 4. The Hall–Kier alpha value is -5.22. The number of benzene rings is 4. The molecular weight excluding hydrogens is 528 g/mol. The highest BCUT2D eigenvalue weighted by Crippen LogP contribution is 2.14. The number of carbonyl (C=O) groups excluding carboxylic acids is 3. The lowest BCUT2D eigenvalue weighted by molar-refractivity contribution is 0.0934. The molecular formula is C30H26N4O5S. The van der Waals surface area contributed by atoms with Gasteiger partial charge in [0.15, 0.2) is 5.11 Å². The summed E-state index contributed by atoms with van der Waals surface area (Å²) >= 11 is 5.11. The first-order valence-electron chi connectivity index (χ1n) is 12.3. The molecule has 0 aromatic heterocycles. The molecule has 9 nitrogen and oxygen atoms in total. The van der Waals surface area contributed by atoms with Crippen LogP contribution in [0.4, 0.5) is 5.69 Å². The molecule has 0 heterocycles. The predicted octanol–water partition coefficient (Wildman–Crippen LogP) is 4.35. The highest BCUT2D eigenvalue weighted by atomic mass is 32.1. The fraction of sp³-hybridized carbons (Fsp3) is 0.0667. The molecule has 0 unspecified atom stereocenters. The quantitative estimate of drug-likeness (QED) is 0.138. The maximum atomic E-state index is 12.5. The summed E-state index contributed by atoms with van der Waals surface area (Å²) in [5, 5.41) is 5.18. The minimum atomic E-state index is -0.477. The SMILES string of the molecule is O=C(NNC(=S)NC(=O)c1ccc(OCCOc2ccccc2)cc1)c1ccc(NC(=O)c2ccccc2)cc1. The molecule has 0 saturated heterocycles. The van der Waals surface area contributed by atoms with E-state index in [9.17, 15) is 14.4 Å². The zero-order valence-corrected chi connectivity index (χ0v) is 22.1. The van der Waals surface area contributed by atoms with Crippen LogP contribution in [-0.2, 0) is 0 Å². The molecule has 0 saturated carbocycles. The highest BCUT2D eigenvalue weighted by Gasteiger charge is 2.11. The summed E-state index contributed by atoms with van der Waals surface area (Å²) in [6, 6.07) is 31.1. The Balaban J connectivity index is 1.17. The maximum Gasteiger partial charge on any atom is 0.269 e. The maximum absolute atomic E-state index is 12.5. The molecule has 202 valence electrons. The molecule has 0 aliphatic rings. The van der Waals surface area contributed by atoms with Gasteiger partial charge >= 0.3 is 0 Å². The zero-order valence-electron chi connectivity index (χ0n) is 21.3. The number of carbonyl (C=O) groups is 3. The van der Waals surface area contributed by atoms with Crippen molar-refractivity contribution in [3.63, 3.8) is 0 Å². The minimum Gasteiger partial charge on any atom is -0.490 e.